The number of esters is 1. The zero-order valence-corrected chi connectivity index (χ0v) is 18.9. The van der Waals surface area contributed by atoms with Crippen LogP contribution in [-0.2, 0) is 16.0 Å². The van der Waals surface area contributed by atoms with Crippen molar-refractivity contribution >= 4 is 23.3 Å². The van der Waals surface area contributed by atoms with Crippen LogP contribution in [0.5, 0.6) is 5.75 Å². The predicted octanol–water partition coefficient (Wildman–Crippen LogP) is 5.32. The van der Waals surface area contributed by atoms with Gasteiger partial charge in [0.1, 0.15) is 5.75 Å². The lowest BCUT2D eigenvalue weighted by molar-refractivity contribution is -0.114. The lowest BCUT2D eigenvalue weighted by Crippen LogP contribution is -2.22. The maximum Gasteiger partial charge on any atom is 0.338 e. The van der Waals surface area contributed by atoms with Crippen molar-refractivity contribution in [1.82, 2.24) is 0 Å². The molecule has 0 saturated carbocycles. The van der Waals surface area contributed by atoms with Crippen molar-refractivity contribution in [2.75, 3.05) is 30.4 Å². The Morgan fingerprint density at radius 1 is 0.848 bits per heavy atom. The SMILES string of the molecule is CCCOC(=O)c1ccc(NC(=O)CNc2ccccc2OCCCc2ccccc2)cc1. The Kier molecular flexibility index (Phi) is 9.33. The largest absolute Gasteiger partial charge is 0.491 e. The zero-order valence-electron chi connectivity index (χ0n) is 18.9. The van der Waals surface area contributed by atoms with Gasteiger partial charge in [0.05, 0.1) is 31.0 Å². The summed E-state index contributed by atoms with van der Waals surface area (Å²) in [5.41, 5.74) is 3.12. The summed E-state index contributed by atoms with van der Waals surface area (Å²) >= 11 is 0. The van der Waals surface area contributed by atoms with Crippen LogP contribution in [0.3, 0.4) is 0 Å². The monoisotopic (exact) mass is 446 g/mol. The Morgan fingerprint density at radius 3 is 2.33 bits per heavy atom. The first-order valence-electron chi connectivity index (χ1n) is 11.2. The molecule has 0 aromatic heterocycles. The molecule has 0 atom stereocenters. The molecule has 172 valence electrons. The van der Waals surface area contributed by atoms with Crippen LogP contribution in [0.1, 0.15) is 35.7 Å². The van der Waals surface area contributed by atoms with Crippen LogP contribution in [0.2, 0.25) is 0 Å². The highest BCUT2D eigenvalue weighted by molar-refractivity contribution is 5.95. The molecule has 0 heterocycles. The third-order valence-corrected chi connectivity index (χ3v) is 4.88. The number of benzene rings is 3. The molecule has 0 aliphatic heterocycles. The number of carbonyl (C=O) groups is 2. The normalized spacial score (nSPS) is 10.3. The van der Waals surface area contributed by atoms with E-state index in [0.29, 0.717) is 30.2 Å². The smallest absolute Gasteiger partial charge is 0.338 e. The van der Waals surface area contributed by atoms with E-state index in [4.69, 9.17) is 9.47 Å². The number of hydrogen-bond donors (Lipinski definition) is 2. The van der Waals surface area contributed by atoms with Crippen LogP contribution in [0.25, 0.3) is 0 Å². The van der Waals surface area contributed by atoms with Crippen LogP contribution >= 0.6 is 0 Å². The van der Waals surface area contributed by atoms with Gasteiger partial charge in [-0.05, 0) is 61.2 Å². The second-order valence-corrected chi connectivity index (χ2v) is 7.55. The first-order chi connectivity index (χ1) is 16.2. The van der Waals surface area contributed by atoms with Gasteiger partial charge < -0.3 is 20.1 Å². The third-order valence-electron chi connectivity index (χ3n) is 4.88. The molecule has 6 nitrogen and oxygen atoms in total. The van der Waals surface area contributed by atoms with Gasteiger partial charge in [-0.25, -0.2) is 4.79 Å². The van der Waals surface area contributed by atoms with Crippen LogP contribution in [0.15, 0.2) is 78.9 Å². The van der Waals surface area contributed by atoms with Crippen LogP contribution in [-0.4, -0.2) is 31.6 Å². The topological polar surface area (TPSA) is 76.7 Å². The van der Waals surface area contributed by atoms with Crippen molar-refractivity contribution in [1.29, 1.82) is 0 Å². The van der Waals surface area contributed by atoms with Crippen molar-refractivity contribution in [3.63, 3.8) is 0 Å². The van der Waals surface area contributed by atoms with Crippen molar-refractivity contribution in [2.24, 2.45) is 0 Å². The van der Waals surface area contributed by atoms with Gasteiger partial charge in [0, 0.05) is 5.69 Å². The van der Waals surface area contributed by atoms with Crippen molar-refractivity contribution < 1.29 is 19.1 Å². The van der Waals surface area contributed by atoms with E-state index in [0.717, 1.165) is 24.9 Å². The summed E-state index contributed by atoms with van der Waals surface area (Å²) in [5, 5.41) is 5.95. The van der Waals surface area contributed by atoms with E-state index in [9.17, 15) is 9.59 Å². The average molecular weight is 447 g/mol. The number of anilines is 2. The summed E-state index contributed by atoms with van der Waals surface area (Å²) in [7, 11) is 0. The molecule has 0 radical (unpaired) electrons. The molecule has 3 aromatic carbocycles. The van der Waals surface area contributed by atoms with E-state index >= 15 is 0 Å². The first-order valence-corrected chi connectivity index (χ1v) is 11.2. The Morgan fingerprint density at radius 2 is 1.58 bits per heavy atom. The van der Waals surface area contributed by atoms with E-state index < -0.39 is 0 Å². The highest BCUT2D eigenvalue weighted by atomic mass is 16.5. The van der Waals surface area contributed by atoms with Gasteiger partial charge in [0.15, 0.2) is 0 Å². The molecule has 0 spiro atoms. The summed E-state index contributed by atoms with van der Waals surface area (Å²) in [6.07, 6.45) is 2.63. The van der Waals surface area contributed by atoms with E-state index in [-0.39, 0.29) is 18.4 Å². The Labute approximate surface area is 194 Å². The van der Waals surface area contributed by atoms with Crippen LogP contribution in [0.4, 0.5) is 11.4 Å². The molecule has 0 bridgehead atoms. The molecule has 6 heteroatoms. The molecule has 3 aromatic rings. The minimum Gasteiger partial charge on any atom is -0.491 e. The molecule has 3 rings (SSSR count). The molecular formula is C27H30N2O4. The molecule has 0 aliphatic rings. The Balaban J connectivity index is 1.44. The molecule has 2 N–H and O–H groups in total. The molecule has 0 aliphatic carbocycles. The van der Waals surface area contributed by atoms with E-state index in [1.54, 1.807) is 24.3 Å². The minimum atomic E-state index is -0.364. The fraction of sp³-hybridized carbons (Fsp3) is 0.259. The van der Waals surface area contributed by atoms with Gasteiger partial charge in [-0.3, -0.25) is 4.79 Å². The summed E-state index contributed by atoms with van der Waals surface area (Å²) in [5.74, 6) is 0.153. The van der Waals surface area contributed by atoms with Gasteiger partial charge in [-0.1, -0.05) is 49.4 Å². The number of aryl methyl sites for hydroxylation is 1. The van der Waals surface area contributed by atoms with Crippen LogP contribution in [0, 0.1) is 0 Å². The average Bonchev–Trinajstić information content (AvgIpc) is 2.85. The number of para-hydroxylation sites is 2. The van der Waals surface area contributed by atoms with Crippen LogP contribution < -0.4 is 15.4 Å². The molecular weight excluding hydrogens is 416 g/mol. The Bertz CT molecular complexity index is 1020. The first kappa shape index (κ1) is 23.9. The predicted molar refractivity (Wildman–Crippen MR) is 131 cm³/mol. The quantitative estimate of drug-likeness (QED) is 0.291. The maximum atomic E-state index is 12.4. The fourth-order valence-electron chi connectivity index (χ4n) is 3.19. The van der Waals surface area contributed by atoms with E-state index in [1.807, 2.05) is 49.4 Å². The number of carbonyl (C=O) groups excluding carboxylic acids is 2. The second-order valence-electron chi connectivity index (χ2n) is 7.55. The van der Waals surface area contributed by atoms with Gasteiger partial charge >= 0.3 is 5.97 Å². The standard InChI is InChI=1S/C27H30N2O4/c1-2-18-33-27(31)22-14-16-23(17-15-22)29-26(30)20-28-24-12-6-7-13-25(24)32-19-8-11-21-9-4-3-5-10-21/h3-7,9-10,12-17,28H,2,8,11,18-20H2,1H3,(H,29,30). The number of amides is 1. The lowest BCUT2D eigenvalue weighted by atomic mass is 10.1. The van der Waals surface area contributed by atoms with Gasteiger partial charge in [-0.15, -0.1) is 0 Å². The third kappa shape index (κ3) is 8.00. The number of nitrogens with one attached hydrogen (secondary N) is 2. The maximum absolute atomic E-state index is 12.4. The number of hydrogen-bond acceptors (Lipinski definition) is 5. The highest BCUT2D eigenvalue weighted by Crippen LogP contribution is 2.24. The summed E-state index contributed by atoms with van der Waals surface area (Å²) in [6, 6.07) is 24.5. The molecule has 0 saturated heterocycles. The molecule has 1 amide bonds. The van der Waals surface area contributed by atoms with Gasteiger partial charge in [0.2, 0.25) is 5.91 Å². The lowest BCUT2D eigenvalue weighted by Gasteiger charge is -2.13. The van der Waals surface area contributed by atoms with Gasteiger partial charge in [-0.2, -0.15) is 0 Å². The number of ether oxygens (including phenoxy) is 2. The Hall–Kier alpha value is -3.80. The van der Waals surface area contributed by atoms with Gasteiger partial charge in [0.25, 0.3) is 0 Å². The van der Waals surface area contributed by atoms with Crippen molar-refractivity contribution in [3.05, 3.63) is 90.0 Å². The van der Waals surface area contributed by atoms with Crippen molar-refractivity contribution in [3.8, 4) is 5.75 Å². The highest BCUT2D eigenvalue weighted by Gasteiger charge is 2.09. The molecule has 0 fully saturated rings. The molecule has 33 heavy (non-hydrogen) atoms. The summed E-state index contributed by atoms with van der Waals surface area (Å²) in [6.45, 7) is 3.01. The number of rotatable bonds is 12. The van der Waals surface area contributed by atoms with E-state index in [1.165, 1.54) is 5.56 Å². The summed E-state index contributed by atoms with van der Waals surface area (Å²) in [4.78, 5) is 24.2. The molecule has 0 unspecified atom stereocenters. The van der Waals surface area contributed by atoms with Crippen molar-refractivity contribution in [2.45, 2.75) is 26.2 Å². The fourth-order valence-corrected chi connectivity index (χ4v) is 3.19. The minimum absolute atomic E-state index is 0.0880. The second kappa shape index (κ2) is 12.9. The summed E-state index contributed by atoms with van der Waals surface area (Å²) < 4.78 is 11.0. The van der Waals surface area contributed by atoms with E-state index in [2.05, 4.69) is 22.8 Å². The zero-order chi connectivity index (χ0) is 23.3.